The highest BCUT2D eigenvalue weighted by Crippen LogP contribution is 2.34. The van der Waals surface area contributed by atoms with E-state index in [1.54, 1.807) is 12.1 Å². The van der Waals surface area contributed by atoms with E-state index in [2.05, 4.69) is 41.4 Å². The van der Waals surface area contributed by atoms with Gasteiger partial charge in [0.1, 0.15) is 0 Å². The summed E-state index contributed by atoms with van der Waals surface area (Å²) in [5.41, 5.74) is 4.12. The molecule has 1 atom stereocenters. The zero-order valence-electron chi connectivity index (χ0n) is 16.1. The number of benzene rings is 2. The van der Waals surface area contributed by atoms with Crippen molar-refractivity contribution in [2.75, 3.05) is 23.3 Å². The minimum atomic E-state index is -1.01. The molecule has 4 rings (SSSR count). The van der Waals surface area contributed by atoms with Crippen LogP contribution < -0.4 is 10.2 Å². The number of hydrogen-bond donors (Lipinski definition) is 2. The monoisotopic (exact) mass is 378 g/mol. The summed E-state index contributed by atoms with van der Waals surface area (Å²) in [7, 11) is 0. The first-order chi connectivity index (χ1) is 13.5. The number of nitrogens with zero attached hydrogens (tertiary/aromatic N) is 1. The van der Waals surface area contributed by atoms with Crippen molar-refractivity contribution in [3.8, 4) is 0 Å². The Hall–Kier alpha value is -2.82. The maximum Gasteiger partial charge on any atom is 0.337 e. The highest BCUT2D eigenvalue weighted by Gasteiger charge is 2.28. The lowest BCUT2D eigenvalue weighted by atomic mass is 9.85. The molecule has 146 valence electrons. The molecular formula is C23H26N2O3. The van der Waals surface area contributed by atoms with E-state index < -0.39 is 5.97 Å². The number of nitrogens with one attached hydrogen (secondary N) is 1. The molecule has 1 amide bonds. The van der Waals surface area contributed by atoms with Crippen LogP contribution in [0.4, 0.5) is 11.4 Å². The fraction of sp³-hybridized carbons (Fsp3) is 0.391. The first-order valence-electron chi connectivity index (χ1n) is 10.0. The number of carbonyl (C=O) groups is 2. The molecule has 2 fully saturated rings. The number of amides is 1. The van der Waals surface area contributed by atoms with Gasteiger partial charge >= 0.3 is 5.97 Å². The van der Waals surface area contributed by atoms with Crippen LogP contribution in [0.2, 0.25) is 0 Å². The molecule has 5 heteroatoms. The van der Waals surface area contributed by atoms with Crippen LogP contribution in [0.5, 0.6) is 0 Å². The molecule has 2 N–H and O–H groups in total. The molecule has 2 aliphatic rings. The number of aryl methyl sites for hydroxylation is 1. The summed E-state index contributed by atoms with van der Waals surface area (Å²) in [5.74, 6) is -0.607. The molecule has 0 radical (unpaired) electrons. The maximum atomic E-state index is 12.2. The molecule has 0 unspecified atom stereocenters. The van der Waals surface area contributed by atoms with Gasteiger partial charge < -0.3 is 15.3 Å². The van der Waals surface area contributed by atoms with E-state index in [1.165, 1.54) is 11.1 Å². The minimum absolute atomic E-state index is 0.0229. The largest absolute Gasteiger partial charge is 0.478 e. The summed E-state index contributed by atoms with van der Waals surface area (Å²) in [6, 6.07) is 13.8. The van der Waals surface area contributed by atoms with E-state index in [9.17, 15) is 14.7 Å². The third kappa shape index (κ3) is 3.61. The summed E-state index contributed by atoms with van der Waals surface area (Å²) < 4.78 is 0. The second-order valence-electron chi connectivity index (χ2n) is 7.94. The van der Waals surface area contributed by atoms with E-state index in [1.807, 2.05) is 6.07 Å². The lowest BCUT2D eigenvalue weighted by molar-refractivity contribution is -0.122. The summed E-state index contributed by atoms with van der Waals surface area (Å²) in [4.78, 5) is 26.2. The Morgan fingerprint density at radius 1 is 1.11 bits per heavy atom. The van der Waals surface area contributed by atoms with Crippen LogP contribution in [-0.4, -0.2) is 30.1 Å². The zero-order chi connectivity index (χ0) is 19.7. The summed E-state index contributed by atoms with van der Waals surface area (Å²) in [6.45, 7) is 3.91. The third-order valence-corrected chi connectivity index (χ3v) is 6.15. The topological polar surface area (TPSA) is 69.6 Å². The lowest BCUT2D eigenvalue weighted by Crippen LogP contribution is -2.29. The molecule has 1 saturated heterocycles. The van der Waals surface area contributed by atoms with Crippen molar-refractivity contribution in [3.05, 3.63) is 59.2 Å². The van der Waals surface area contributed by atoms with Gasteiger partial charge in [0.05, 0.1) is 11.3 Å². The Kier molecular flexibility index (Phi) is 5.07. The SMILES string of the molecule is Cc1ccccc1[C@H]1CCN(c2ccc(NC(=O)C3CCC3)c(C(=O)O)c2)C1. The van der Waals surface area contributed by atoms with Crippen LogP contribution >= 0.6 is 0 Å². The number of carbonyl (C=O) groups excluding carboxylic acids is 1. The lowest BCUT2D eigenvalue weighted by Gasteiger charge is -2.25. The molecule has 2 aromatic rings. The molecule has 5 nitrogen and oxygen atoms in total. The first-order valence-corrected chi connectivity index (χ1v) is 10.0. The van der Waals surface area contributed by atoms with Crippen LogP contribution in [0.25, 0.3) is 0 Å². The van der Waals surface area contributed by atoms with Crippen LogP contribution in [0.3, 0.4) is 0 Å². The second-order valence-corrected chi connectivity index (χ2v) is 7.94. The first kappa shape index (κ1) is 18.5. The number of rotatable bonds is 5. The molecule has 1 aliphatic heterocycles. The van der Waals surface area contributed by atoms with Gasteiger partial charge in [0.25, 0.3) is 0 Å². The fourth-order valence-electron chi connectivity index (χ4n) is 4.21. The quantitative estimate of drug-likeness (QED) is 0.808. The van der Waals surface area contributed by atoms with Gasteiger partial charge in [0.15, 0.2) is 0 Å². The molecule has 1 saturated carbocycles. The average molecular weight is 378 g/mol. The predicted molar refractivity (Wildman–Crippen MR) is 110 cm³/mol. The Morgan fingerprint density at radius 3 is 2.57 bits per heavy atom. The van der Waals surface area contributed by atoms with Gasteiger partial charge in [0.2, 0.25) is 5.91 Å². The Bertz CT molecular complexity index is 904. The highest BCUT2D eigenvalue weighted by molar-refractivity contribution is 6.02. The summed E-state index contributed by atoms with van der Waals surface area (Å²) >= 11 is 0. The van der Waals surface area contributed by atoms with E-state index >= 15 is 0 Å². The van der Waals surface area contributed by atoms with E-state index in [4.69, 9.17) is 0 Å². The Morgan fingerprint density at radius 2 is 1.89 bits per heavy atom. The van der Waals surface area contributed by atoms with E-state index in [0.29, 0.717) is 11.6 Å². The van der Waals surface area contributed by atoms with Crippen LogP contribution in [0, 0.1) is 12.8 Å². The molecule has 0 spiro atoms. The van der Waals surface area contributed by atoms with Crippen LogP contribution in [0.1, 0.15) is 53.1 Å². The van der Waals surface area contributed by atoms with Gasteiger partial charge in [-0.1, -0.05) is 30.7 Å². The second kappa shape index (κ2) is 7.66. The van der Waals surface area contributed by atoms with Crippen molar-refractivity contribution >= 4 is 23.3 Å². The van der Waals surface area contributed by atoms with Gasteiger partial charge in [0, 0.05) is 30.6 Å². The molecule has 2 aromatic carbocycles. The van der Waals surface area contributed by atoms with Gasteiger partial charge in [-0.25, -0.2) is 4.79 Å². The average Bonchev–Trinajstić information content (AvgIpc) is 3.10. The van der Waals surface area contributed by atoms with E-state index in [-0.39, 0.29) is 17.4 Å². The van der Waals surface area contributed by atoms with Crippen molar-refractivity contribution in [2.45, 2.75) is 38.5 Å². The number of hydrogen-bond acceptors (Lipinski definition) is 3. The maximum absolute atomic E-state index is 12.2. The summed E-state index contributed by atoms with van der Waals surface area (Å²) in [5, 5.41) is 12.5. The van der Waals surface area contributed by atoms with Crippen molar-refractivity contribution in [3.63, 3.8) is 0 Å². The Balaban J connectivity index is 1.52. The number of carboxylic acid groups (broad SMARTS) is 1. The molecule has 1 aliphatic carbocycles. The van der Waals surface area contributed by atoms with Gasteiger partial charge in [-0.05, 0) is 55.5 Å². The molecule has 28 heavy (non-hydrogen) atoms. The molecular weight excluding hydrogens is 352 g/mol. The van der Waals surface area contributed by atoms with Crippen LogP contribution in [-0.2, 0) is 4.79 Å². The van der Waals surface area contributed by atoms with Crippen molar-refractivity contribution in [1.29, 1.82) is 0 Å². The minimum Gasteiger partial charge on any atom is -0.478 e. The fourth-order valence-corrected chi connectivity index (χ4v) is 4.21. The predicted octanol–water partition coefficient (Wildman–Crippen LogP) is 4.43. The normalized spacial score (nSPS) is 19.3. The van der Waals surface area contributed by atoms with Crippen molar-refractivity contribution in [2.24, 2.45) is 5.92 Å². The molecule has 0 bridgehead atoms. The smallest absolute Gasteiger partial charge is 0.337 e. The number of carboxylic acids is 1. The number of aromatic carboxylic acids is 1. The van der Waals surface area contributed by atoms with Gasteiger partial charge in [-0.15, -0.1) is 0 Å². The van der Waals surface area contributed by atoms with Gasteiger partial charge in [-0.2, -0.15) is 0 Å². The van der Waals surface area contributed by atoms with Gasteiger partial charge in [-0.3, -0.25) is 4.79 Å². The number of anilines is 2. The highest BCUT2D eigenvalue weighted by atomic mass is 16.4. The molecule has 0 aromatic heterocycles. The van der Waals surface area contributed by atoms with Crippen molar-refractivity contribution < 1.29 is 14.7 Å². The van der Waals surface area contributed by atoms with Crippen molar-refractivity contribution in [1.82, 2.24) is 0 Å². The van der Waals surface area contributed by atoms with Crippen LogP contribution in [0.15, 0.2) is 42.5 Å². The summed E-state index contributed by atoms with van der Waals surface area (Å²) in [6.07, 6.45) is 3.90. The standard InChI is InChI=1S/C23H26N2O3/c1-15-5-2-3-8-19(15)17-11-12-25(14-17)18-9-10-21(20(13-18)23(27)28)24-22(26)16-6-4-7-16/h2-3,5,8-10,13,16-17H,4,6-7,11-12,14H2,1H3,(H,24,26)(H,27,28)/t17-/m0/s1. The Labute approximate surface area is 165 Å². The zero-order valence-corrected chi connectivity index (χ0v) is 16.1. The van der Waals surface area contributed by atoms with E-state index in [0.717, 1.165) is 44.5 Å². The third-order valence-electron chi connectivity index (χ3n) is 6.15. The molecule has 1 heterocycles.